The fourth-order valence-corrected chi connectivity index (χ4v) is 3.59. The van der Waals surface area contributed by atoms with Crippen molar-refractivity contribution < 1.29 is 4.79 Å². The minimum Gasteiger partial charge on any atom is -0.352 e. The summed E-state index contributed by atoms with van der Waals surface area (Å²) in [5.41, 5.74) is 0. The fourth-order valence-electron chi connectivity index (χ4n) is 3.59. The molecule has 19 heavy (non-hydrogen) atoms. The molecule has 2 rings (SSSR count). The van der Waals surface area contributed by atoms with E-state index in [2.05, 4.69) is 24.1 Å². The van der Waals surface area contributed by atoms with Crippen LogP contribution in [-0.2, 0) is 4.79 Å². The van der Waals surface area contributed by atoms with Gasteiger partial charge in [0, 0.05) is 12.1 Å². The highest BCUT2D eigenvalue weighted by atomic mass is 16.2. The van der Waals surface area contributed by atoms with Crippen molar-refractivity contribution in [2.45, 2.75) is 77.3 Å². The van der Waals surface area contributed by atoms with E-state index in [0.29, 0.717) is 18.6 Å². The third kappa shape index (κ3) is 4.48. The van der Waals surface area contributed by atoms with Gasteiger partial charge in [0.25, 0.3) is 0 Å². The van der Waals surface area contributed by atoms with Gasteiger partial charge in [-0.3, -0.25) is 9.69 Å². The first kappa shape index (κ1) is 14.8. The van der Waals surface area contributed by atoms with E-state index in [4.69, 9.17) is 0 Å². The number of rotatable bonds is 4. The van der Waals surface area contributed by atoms with Gasteiger partial charge < -0.3 is 5.32 Å². The number of hydrogen-bond acceptors (Lipinski definition) is 2. The van der Waals surface area contributed by atoms with Crippen molar-refractivity contribution in [3.05, 3.63) is 0 Å². The Balaban J connectivity index is 1.74. The first-order chi connectivity index (χ1) is 9.19. The topological polar surface area (TPSA) is 32.3 Å². The average Bonchev–Trinajstić information content (AvgIpc) is 2.42. The molecule has 2 aliphatic rings. The molecule has 2 fully saturated rings. The van der Waals surface area contributed by atoms with E-state index in [1.54, 1.807) is 0 Å². The number of carbonyl (C=O) groups excluding carboxylic acids is 1. The molecule has 1 heterocycles. The van der Waals surface area contributed by atoms with E-state index < -0.39 is 0 Å². The average molecular weight is 266 g/mol. The fraction of sp³-hybridized carbons (Fsp3) is 0.938. The van der Waals surface area contributed by atoms with Crippen molar-refractivity contribution in [1.29, 1.82) is 0 Å². The van der Waals surface area contributed by atoms with Crippen molar-refractivity contribution in [2.75, 3.05) is 13.1 Å². The summed E-state index contributed by atoms with van der Waals surface area (Å²) in [5, 5.41) is 3.25. The van der Waals surface area contributed by atoms with Gasteiger partial charge >= 0.3 is 0 Å². The van der Waals surface area contributed by atoms with Crippen molar-refractivity contribution in [3.63, 3.8) is 0 Å². The maximum absolute atomic E-state index is 12.2. The third-order valence-electron chi connectivity index (χ3n) is 4.95. The second-order valence-electron chi connectivity index (χ2n) is 6.55. The zero-order chi connectivity index (χ0) is 13.7. The van der Waals surface area contributed by atoms with Crippen molar-refractivity contribution in [1.82, 2.24) is 10.2 Å². The predicted octanol–water partition coefficient (Wildman–Crippen LogP) is 2.95. The van der Waals surface area contributed by atoms with E-state index >= 15 is 0 Å². The summed E-state index contributed by atoms with van der Waals surface area (Å²) in [5.74, 6) is 1.10. The predicted molar refractivity (Wildman–Crippen MR) is 79.1 cm³/mol. The molecule has 0 bridgehead atoms. The number of amides is 1. The molecule has 0 aromatic carbocycles. The van der Waals surface area contributed by atoms with Crippen LogP contribution in [0.25, 0.3) is 0 Å². The summed E-state index contributed by atoms with van der Waals surface area (Å²) in [6, 6.07) is 1.07. The van der Waals surface area contributed by atoms with E-state index in [-0.39, 0.29) is 5.91 Å². The zero-order valence-corrected chi connectivity index (χ0v) is 12.7. The van der Waals surface area contributed by atoms with Gasteiger partial charge in [-0.25, -0.2) is 0 Å². The monoisotopic (exact) mass is 266 g/mol. The number of likely N-dealkylation sites (tertiary alicyclic amines) is 1. The Morgan fingerprint density at radius 3 is 2.58 bits per heavy atom. The van der Waals surface area contributed by atoms with Gasteiger partial charge in [0.1, 0.15) is 0 Å². The van der Waals surface area contributed by atoms with Crippen molar-refractivity contribution >= 4 is 5.91 Å². The lowest BCUT2D eigenvalue weighted by Crippen LogP contribution is -2.47. The molecule has 1 saturated heterocycles. The highest BCUT2D eigenvalue weighted by Crippen LogP contribution is 2.23. The largest absolute Gasteiger partial charge is 0.352 e. The summed E-state index contributed by atoms with van der Waals surface area (Å²) >= 11 is 0. The van der Waals surface area contributed by atoms with Crippen LogP contribution in [0.2, 0.25) is 0 Å². The maximum atomic E-state index is 12.2. The number of nitrogens with zero attached hydrogens (tertiary/aromatic N) is 1. The molecule has 1 aliphatic heterocycles. The molecule has 1 N–H and O–H groups in total. The Bertz CT molecular complexity index is 284. The van der Waals surface area contributed by atoms with E-state index in [0.717, 1.165) is 12.5 Å². The van der Waals surface area contributed by atoms with E-state index in [1.165, 1.54) is 51.4 Å². The first-order valence-electron chi connectivity index (χ1n) is 8.22. The van der Waals surface area contributed by atoms with Crippen LogP contribution in [0.3, 0.4) is 0 Å². The number of piperidine rings is 1. The SMILES string of the molecule is CCC1CCCCN1CC(=O)NC1CCC(C)CC1. The molecule has 110 valence electrons. The second-order valence-corrected chi connectivity index (χ2v) is 6.55. The van der Waals surface area contributed by atoms with Crippen LogP contribution >= 0.6 is 0 Å². The van der Waals surface area contributed by atoms with Crippen LogP contribution in [0.5, 0.6) is 0 Å². The molecule has 3 heteroatoms. The molecule has 1 saturated carbocycles. The summed E-state index contributed by atoms with van der Waals surface area (Å²) in [6.07, 6.45) is 9.91. The third-order valence-corrected chi connectivity index (χ3v) is 4.95. The molecule has 3 nitrogen and oxygen atoms in total. The van der Waals surface area contributed by atoms with Crippen LogP contribution in [0, 0.1) is 5.92 Å². The minimum atomic E-state index is 0.250. The number of carbonyl (C=O) groups is 1. The molecule has 1 amide bonds. The van der Waals surface area contributed by atoms with Crippen molar-refractivity contribution in [2.24, 2.45) is 5.92 Å². The number of hydrogen-bond donors (Lipinski definition) is 1. The standard InChI is InChI=1S/C16H30N2O/c1-3-15-6-4-5-11-18(15)12-16(19)17-14-9-7-13(2)8-10-14/h13-15H,3-12H2,1-2H3,(H,17,19). The van der Waals surface area contributed by atoms with Crippen LogP contribution in [-0.4, -0.2) is 36.0 Å². The Morgan fingerprint density at radius 1 is 1.16 bits per heavy atom. The summed E-state index contributed by atoms with van der Waals surface area (Å²) < 4.78 is 0. The molecular formula is C16H30N2O. The van der Waals surface area contributed by atoms with E-state index in [9.17, 15) is 4.79 Å². The lowest BCUT2D eigenvalue weighted by atomic mass is 9.87. The molecule has 1 unspecified atom stereocenters. The molecular weight excluding hydrogens is 236 g/mol. The Morgan fingerprint density at radius 2 is 1.89 bits per heavy atom. The van der Waals surface area contributed by atoms with Gasteiger partial charge in [0.15, 0.2) is 0 Å². The number of nitrogens with one attached hydrogen (secondary N) is 1. The Hall–Kier alpha value is -0.570. The van der Waals surface area contributed by atoms with Gasteiger partial charge in [-0.05, 0) is 57.4 Å². The smallest absolute Gasteiger partial charge is 0.234 e. The maximum Gasteiger partial charge on any atom is 0.234 e. The van der Waals surface area contributed by atoms with E-state index in [1.807, 2.05) is 0 Å². The van der Waals surface area contributed by atoms with Crippen LogP contribution in [0.15, 0.2) is 0 Å². The molecule has 0 aromatic heterocycles. The second kappa shape index (κ2) is 7.28. The summed E-state index contributed by atoms with van der Waals surface area (Å²) in [7, 11) is 0. The molecule has 0 spiro atoms. The normalized spacial score (nSPS) is 33.1. The van der Waals surface area contributed by atoms with Gasteiger partial charge in [-0.1, -0.05) is 20.3 Å². The minimum absolute atomic E-state index is 0.250. The summed E-state index contributed by atoms with van der Waals surface area (Å²) in [6.45, 7) is 6.28. The molecule has 1 aliphatic carbocycles. The molecule has 1 atom stereocenters. The highest BCUT2D eigenvalue weighted by molar-refractivity contribution is 5.78. The molecule has 0 radical (unpaired) electrons. The lowest BCUT2D eigenvalue weighted by Gasteiger charge is -2.35. The Kier molecular flexibility index (Phi) is 5.68. The quantitative estimate of drug-likeness (QED) is 0.848. The summed E-state index contributed by atoms with van der Waals surface area (Å²) in [4.78, 5) is 14.6. The van der Waals surface area contributed by atoms with Crippen LogP contribution in [0.4, 0.5) is 0 Å². The van der Waals surface area contributed by atoms with Crippen LogP contribution in [0.1, 0.15) is 65.2 Å². The molecule has 0 aromatic rings. The zero-order valence-electron chi connectivity index (χ0n) is 12.7. The highest BCUT2D eigenvalue weighted by Gasteiger charge is 2.24. The first-order valence-corrected chi connectivity index (χ1v) is 8.22. The van der Waals surface area contributed by atoms with Gasteiger partial charge in [-0.2, -0.15) is 0 Å². The van der Waals surface area contributed by atoms with Crippen LogP contribution < -0.4 is 5.32 Å². The van der Waals surface area contributed by atoms with Gasteiger partial charge in [-0.15, -0.1) is 0 Å². The van der Waals surface area contributed by atoms with Gasteiger partial charge in [0.05, 0.1) is 6.54 Å². The Labute approximate surface area is 118 Å². The lowest BCUT2D eigenvalue weighted by molar-refractivity contribution is -0.124. The van der Waals surface area contributed by atoms with Crippen molar-refractivity contribution in [3.8, 4) is 0 Å². The van der Waals surface area contributed by atoms with Gasteiger partial charge in [0.2, 0.25) is 5.91 Å².